The molecule has 1 fully saturated rings. The minimum Gasteiger partial charge on any atom is -0.236 e. The molecule has 0 bridgehead atoms. The minimum atomic E-state index is 1.25. The van der Waals surface area contributed by atoms with E-state index in [9.17, 15) is 0 Å². The van der Waals surface area contributed by atoms with Crippen LogP contribution in [0, 0.1) is 0 Å². The Labute approximate surface area is 69.4 Å². The zero-order chi connectivity index (χ0) is 8.10. The Balaban J connectivity index is 2.44. The van der Waals surface area contributed by atoms with Gasteiger partial charge in [-0.1, -0.05) is 5.57 Å². The highest BCUT2D eigenvalue weighted by atomic mass is 15.0. The second kappa shape index (κ2) is 4.32. The molecule has 0 radical (unpaired) electrons. The average molecular weight is 152 g/mol. The lowest BCUT2D eigenvalue weighted by Gasteiger charge is -2.07. The van der Waals surface area contributed by atoms with Crippen LogP contribution in [0.3, 0.4) is 0 Å². The Kier molecular flexibility index (Phi) is 3.34. The predicted molar refractivity (Wildman–Crippen MR) is 49.3 cm³/mol. The highest BCUT2D eigenvalue weighted by Gasteiger charge is 2.08. The summed E-state index contributed by atoms with van der Waals surface area (Å²) >= 11 is 0. The summed E-state index contributed by atoms with van der Waals surface area (Å²) < 4.78 is 2.41. The molecule has 0 spiro atoms. The van der Waals surface area contributed by atoms with Crippen LogP contribution in [0.25, 0.3) is 0 Å². The van der Waals surface area contributed by atoms with Crippen molar-refractivity contribution in [3.05, 3.63) is 11.6 Å². The van der Waals surface area contributed by atoms with Crippen LogP contribution in [-0.4, -0.2) is 23.9 Å². The van der Waals surface area contributed by atoms with Crippen LogP contribution in [0.1, 0.15) is 33.1 Å². The summed E-state index contributed by atoms with van der Waals surface area (Å²) in [6, 6.07) is 0. The average Bonchev–Trinajstić information content (AvgIpc) is 2.03. The maximum absolute atomic E-state index is 2.41. The fraction of sp³-hybridized carbons (Fsp3) is 0.700. The van der Waals surface area contributed by atoms with Crippen molar-refractivity contribution in [2.45, 2.75) is 33.1 Å². The molecule has 0 amide bonds. The third-order valence-electron chi connectivity index (χ3n) is 2.01. The van der Waals surface area contributed by atoms with Gasteiger partial charge in [-0.3, -0.25) is 0 Å². The normalized spacial score (nSPS) is 17.8. The molecule has 0 aromatic heterocycles. The number of allylic oxidation sites excluding steroid dienone is 2. The Morgan fingerprint density at radius 3 is 2.27 bits per heavy atom. The summed E-state index contributed by atoms with van der Waals surface area (Å²) in [7, 11) is 0. The van der Waals surface area contributed by atoms with Crippen LogP contribution in [0.15, 0.2) is 11.6 Å². The quantitative estimate of drug-likeness (QED) is 0.507. The van der Waals surface area contributed by atoms with Gasteiger partial charge in [0.15, 0.2) is 6.21 Å². The maximum Gasteiger partial charge on any atom is 0.163 e. The third-order valence-corrected chi connectivity index (χ3v) is 2.01. The fourth-order valence-corrected chi connectivity index (χ4v) is 1.32. The molecule has 1 rings (SSSR count). The van der Waals surface area contributed by atoms with Crippen molar-refractivity contribution in [3.63, 3.8) is 0 Å². The van der Waals surface area contributed by atoms with Gasteiger partial charge in [0.05, 0.1) is 0 Å². The lowest BCUT2D eigenvalue weighted by Crippen LogP contribution is -2.20. The van der Waals surface area contributed by atoms with Crippen LogP contribution in [0.5, 0.6) is 0 Å². The first-order valence-corrected chi connectivity index (χ1v) is 4.51. The molecule has 1 nitrogen and oxygen atoms in total. The van der Waals surface area contributed by atoms with Crippen LogP contribution in [0.4, 0.5) is 0 Å². The van der Waals surface area contributed by atoms with Crippen LogP contribution >= 0.6 is 0 Å². The van der Waals surface area contributed by atoms with Gasteiger partial charge in [-0.05, 0) is 20.3 Å². The molecule has 1 aliphatic rings. The van der Waals surface area contributed by atoms with Crippen molar-refractivity contribution >= 4 is 6.21 Å². The highest BCUT2D eigenvalue weighted by Crippen LogP contribution is 2.03. The number of hydrogen-bond donors (Lipinski definition) is 0. The summed E-state index contributed by atoms with van der Waals surface area (Å²) in [6.45, 7) is 6.79. The van der Waals surface area contributed by atoms with E-state index in [-0.39, 0.29) is 0 Å². The number of piperidine rings is 1. The monoisotopic (exact) mass is 152 g/mol. The topological polar surface area (TPSA) is 3.01 Å². The van der Waals surface area contributed by atoms with Crippen molar-refractivity contribution in [3.8, 4) is 0 Å². The Hall–Kier alpha value is -0.590. The first-order valence-electron chi connectivity index (χ1n) is 4.51. The molecule has 1 heteroatoms. The van der Waals surface area contributed by atoms with Crippen LogP contribution < -0.4 is 0 Å². The minimum absolute atomic E-state index is 1.25. The van der Waals surface area contributed by atoms with E-state index in [0.29, 0.717) is 0 Å². The van der Waals surface area contributed by atoms with Crippen molar-refractivity contribution in [2.75, 3.05) is 13.1 Å². The van der Waals surface area contributed by atoms with E-state index in [0.717, 1.165) is 0 Å². The van der Waals surface area contributed by atoms with Crippen molar-refractivity contribution in [2.24, 2.45) is 0 Å². The van der Waals surface area contributed by atoms with Crippen molar-refractivity contribution in [1.82, 2.24) is 0 Å². The van der Waals surface area contributed by atoms with E-state index in [1.165, 1.54) is 37.9 Å². The second-order valence-corrected chi connectivity index (χ2v) is 3.49. The van der Waals surface area contributed by atoms with Gasteiger partial charge in [-0.25, -0.2) is 4.58 Å². The summed E-state index contributed by atoms with van der Waals surface area (Å²) in [6.07, 6.45) is 8.58. The summed E-state index contributed by atoms with van der Waals surface area (Å²) in [5, 5.41) is 0. The molecule has 0 aromatic rings. The largest absolute Gasteiger partial charge is 0.236 e. The molecule has 0 atom stereocenters. The van der Waals surface area contributed by atoms with Gasteiger partial charge in [-0.15, -0.1) is 0 Å². The SMILES string of the molecule is CC(C)=CC=[N+]1CCCCC1. The van der Waals surface area contributed by atoms with Gasteiger partial charge in [0.25, 0.3) is 0 Å². The first-order chi connectivity index (χ1) is 5.29. The molecular formula is C10H18N+. The molecule has 1 saturated heterocycles. The molecule has 0 aliphatic carbocycles. The summed E-state index contributed by atoms with van der Waals surface area (Å²) in [5.74, 6) is 0. The lowest BCUT2D eigenvalue weighted by molar-refractivity contribution is -0.532. The highest BCUT2D eigenvalue weighted by molar-refractivity contribution is 5.67. The van der Waals surface area contributed by atoms with Gasteiger partial charge in [0, 0.05) is 18.9 Å². The molecule has 0 unspecified atom stereocenters. The van der Waals surface area contributed by atoms with E-state index in [1.807, 2.05) is 0 Å². The second-order valence-electron chi connectivity index (χ2n) is 3.49. The Bertz CT molecular complexity index is 165. The number of rotatable bonds is 1. The van der Waals surface area contributed by atoms with Gasteiger partial charge in [-0.2, -0.15) is 0 Å². The molecule has 62 valence electrons. The van der Waals surface area contributed by atoms with Gasteiger partial charge in [0.1, 0.15) is 13.1 Å². The van der Waals surface area contributed by atoms with E-state index >= 15 is 0 Å². The molecule has 0 saturated carbocycles. The van der Waals surface area contributed by atoms with Gasteiger partial charge < -0.3 is 0 Å². The smallest absolute Gasteiger partial charge is 0.163 e. The van der Waals surface area contributed by atoms with E-state index < -0.39 is 0 Å². The molecule has 1 heterocycles. The Morgan fingerprint density at radius 1 is 1.09 bits per heavy atom. The van der Waals surface area contributed by atoms with Gasteiger partial charge in [0.2, 0.25) is 0 Å². The van der Waals surface area contributed by atoms with Gasteiger partial charge >= 0.3 is 0 Å². The molecule has 0 aromatic carbocycles. The van der Waals surface area contributed by atoms with Crippen LogP contribution in [0.2, 0.25) is 0 Å². The van der Waals surface area contributed by atoms with E-state index in [4.69, 9.17) is 0 Å². The lowest BCUT2D eigenvalue weighted by atomic mass is 10.2. The number of nitrogens with zero attached hydrogens (tertiary/aromatic N) is 1. The van der Waals surface area contributed by atoms with Crippen molar-refractivity contribution < 1.29 is 4.58 Å². The maximum atomic E-state index is 2.41. The molecule has 1 aliphatic heterocycles. The first kappa shape index (κ1) is 8.51. The summed E-state index contributed by atoms with van der Waals surface area (Å²) in [4.78, 5) is 0. The Morgan fingerprint density at radius 2 is 1.73 bits per heavy atom. The fourth-order valence-electron chi connectivity index (χ4n) is 1.32. The van der Waals surface area contributed by atoms with E-state index in [1.54, 1.807) is 0 Å². The molecular weight excluding hydrogens is 134 g/mol. The third kappa shape index (κ3) is 3.35. The zero-order valence-electron chi connectivity index (χ0n) is 7.64. The standard InChI is InChI=1S/C10H18N/c1-10(2)6-9-11-7-4-3-5-8-11/h6,9H,3-5,7-8H2,1-2H3/q+1. The molecule has 11 heavy (non-hydrogen) atoms. The predicted octanol–water partition coefficient (Wildman–Crippen LogP) is 2.22. The zero-order valence-corrected chi connectivity index (χ0v) is 7.64. The summed E-state index contributed by atoms with van der Waals surface area (Å²) in [5.41, 5.74) is 1.38. The molecule has 0 N–H and O–H groups in total. The number of hydrogen-bond acceptors (Lipinski definition) is 0. The van der Waals surface area contributed by atoms with Crippen molar-refractivity contribution in [1.29, 1.82) is 0 Å². The van der Waals surface area contributed by atoms with Crippen LogP contribution in [-0.2, 0) is 0 Å². The van der Waals surface area contributed by atoms with E-state index in [2.05, 4.69) is 30.7 Å².